The zero-order valence-corrected chi connectivity index (χ0v) is 19.6. The highest BCUT2D eigenvalue weighted by Crippen LogP contribution is 2.31. The molecular weight excluding hydrogens is 447 g/mol. The molecule has 8 heteroatoms. The van der Waals surface area contributed by atoms with E-state index in [0.29, 0.717) is 23.5 Å². The number of methoxy groups -OCH3 is 1. The lowest BCUT2D eigenvalue weighted by Crippen LogP contribution is -2.38. The fourth-order valence-electron chi connectivity index (χ4n) is 4.30. The monoisotopic (exact) mass is 476 g/mol. The van der Waals surface area contributed by atoms with Crippen LogP contribution < -0.4 is 20.7 Å². The van der Waals surface area contributed by atoms with Crippen LogP contribution in [0.4, 0.5) is 20.6 Å². The summed E-state index contributed by atoms with van der Waals surface area (Å²) in [6, 6.07) is 19.7. The van der Waals surface area contributed by atoms with E-state index in [1.807, 2.05) is 24.3 Å². The van der Waals surface area contributed by atoms with Crippen molar-refractivity contribution in [2.75, 3.05) is 37.4 Å². The molecule has 3 amide bonds. The standard InChI is InChI=1S/C27H29FN4O3/c1-35-25-13-3-2-12-23(25)24(32-14-4-5-15-32)18-29-27(34)31-21-10-6-8-19(16-21)26(33)30-22-11-7-9-20(28)17-22/h2-3,6-13,16-17,24H,4-5,14-15,18H2,1H3,(H,30,33)(H2,29,31,34). The van der Waals surface area contributed by atoms with Crippen LogP contribution in [0.5, 0.6) is 5.75 Å². The third kappa shape index (κ3) is 6.36. The molecule has 3 aromatic carbocycles. The Hall–Kier alpha value is -3.91. The Morgan fingerprint density at radius 1 is 0.943 bits per heavy atom. The molecule has 0 radical (unpaired) electrons. The molecule has 7 nitrogen and oxygen atoms in total. The van der Waals surface area contributed by atoms with Crippen molar-refractivity contribution < 1.29 is 18.7 Å². The molecule has 0 saturated carbocycles. The Bertz CT molecular complexity index is 1180. The largest absolute Gasteiger partial charge is 0.496 e. The fraction of sp³-hybridized carbons (Fsp3) is 0.259. The van der Waals surface area contributed by atoms with Crippen molar-refractivity contribution in [3.63, 3.8) is 0 Å². The van der Waals surface area contributed by atoms with Crippen molar-refractivity contribution in [1.29, 1.82) is 0 Å². The number of hydrogen-bond donors (Lipinski definition) is 3. The van der Waals surface area contributed by atoms with Crippen molar-refractivity contribution in [2.24, 2.45) is 0 Å². The summed E-state index contributed by atoms with van der Waals surface area (Å²) in [5.41, 5.74) is 2.21. The van der Waals surface area contributed by atoms with Gasteiger partial charge in [0.15, 0.2) is 0 Å². The zero-order valence-electron chi connectivity index (χ0n) is 19.6. The maximum Gasteiger partial charge on any atom is 0.319 e. The average molecular weight is 477 g/mol. The number of hydrogen-bond acceptors (Lipinski definition) is 4. The van der Waals surface area contributed by atoms with Gasteiger partial charge in [0, 0.05) is 29.0 Å². The lowest BCUT2D eigenvalue weighted by atomic mass is 10.0. The van der Waals surface area contributed by atoms with E-state index in [4.69, 9.17) is 4.74 Å². The van der Waals surface area contributed by atoms with Crippen molar-refractivity contribution in [3.05, 3.63) is 89.7 Å². The van der Waals surface area contributed by atoms with Crippen LogP contribution in [-0.4, -0.2) is 43.6 Å². The van der Waals surface area contributed by atoms with Crippen LogP contribution in [0, 0.1) is 5.82 Å². The summed E-state index contributed by atoms with van der Waals surface area (Å²) in [6.07, 6.45) is 2.25. The molecule has 1 atom stereocenters. The van der Waals surface area contributed by atoms with Gasteiger partial charge in [-0.15, -0.1) is 0 Å². The van der Waals surface area contributed by atoms with Crippen LogP contribution in [-0.2, 0) is 0 Å². The number of benzene rings is 3. The third-order valence-electron chi connectivity index (χ3n) is 6.00. The van der Waals surface area contributed by atoms with Gasteiger partial charge < -0.3 is 20.7 Å². The highest BCUT2D eigenvalue weighted by molar-refractivity contribution is 6.05. The minimum atomic E-state index is -0.435. The first-order valence-corrected chi connectivity index (χ1v) is 11.6. The van der Waals surface area contributed by atoms with Crippen LogP contribution in [0.15, 0.2) is 72.8 Å². The summed E-state index contributed by atoms with van der Waals surface area (Å²) in [5.74, 6) is -0.0382. The van der Waals surface area contributed by atoms with Gasteiger partial charge in [-0.3, -0.25) is 9.69 Å². The predicted octanol–water partition coefficient (Wildman–Crippen LogP) is 5.05. The van der Waals surface area contributed by atoms with Gasteiger partial charge in [-0.2, -0.15) is 0 Å². The Morgan fingerprint density at radius 3 is 2.40 bits per heavy atom. The van der Waals surface area contributed by atoms with Gasteiger partial charge in [-0.05, 0) is 68.4 Å². The van der Waals surface area contributed by atoms with E-state index in [1.54, 1.807) is 37.4 Å². The van der Waals surface area contributed by atoms with E-state index < -0.39 is 11.7 Å². The summed E-state index contributed by atoms with van der Waals surface area (Å²) in [6.45, 7) is 2.34. The summed E-state index contributed by atoms with van der Waals surface area (Å²) >= 11 is 0. The van der Waals surface area contributed by atoms with E-state index in [0.717, 1.165) is 37.2 Å². The van der Waals surface area contributed by atoms with Crippen LogP contribution in [0.25, 0.3) is 0 Å². The normalized spacial score (nSPS) is 14.2. The molecular formula is C27H29FN4O3. The van der Waals surface area contributed by atoms with Gasteiger partial charge in [-0.1, -0.05) is 30.3 Å². The first-order valence-electron chi connectivity index (χ1n) is 11.6. The maximum absolute atomic E-state index is 13.4. The predicted molar refractivity (Wildman–Crippen MR) is 134 cm³/mol. The maximum atomic E-state index is 13.4. The van der Waals surface area contributed by atoms with Gasteiger partial charge in [-0.25, -0.2) is 9.18 Å². The number of halogens is 1. The number of para-hydroxylation sites is 1. The number of carbonyl (C=O) groups is 2. The molecule has 0 bridgehead atoms. The topological polar surface area (TPSA) is 82.7 Å². The number of carbonyl (C=O) groups excluding carboxylic acids is 2. The molecule has 4 rings (SSSR count). The Morgan fingerprint density at radius 2 is 1.66 bits per heavy atom. The number of amides is 3. The highest BCUT2D eigenvalue weighted by Gasteiger charge is 2.26. The van der Waals surface area contributed by atoms with E-state index in [1.165, 1.54) is 18.2 Å². The number of nitrogens with zero attached hydrogens (tertiary/aromatic N) is 1. The second-order valence-corrected chi connectivity index (χ2v) is 8.38. The van der Waals surface area contributed by atoms with Gasteiger partial charge in [0.2, 0.25) is 0 Å². The van der Waals surface area contributed by atoms with Crippen LogP contribution in [0.1, 0.15) is 34.8 Å². The summed E-state index contributed by atoms with van der Waals surface area (Å²) in [5, 5.41) is 8.41. The van der Waals surface area contributed by atoms with Crippen molar-refractivity contribution >= 4 is 23.3 Å². The minimum Gasteiger partial charge on any atom is -0.496 e. The summed E-state index contributed by atoms with van der Waals surface area (Å²) in [7, 11) is 1.65. The van der Waals surface area contributed by atoms with Crippen molar-refractivity contribution in [3.8, 4) is 5.75 Å². The molecule has 35 heavy (non-hydrogen) atoms. The highest BCUT2D eigenvalue weighted by atomic mass is 19.1. The molecule has 1 saturated heterocycles. The molecule has 0 spiro atoms. The Labute approximate surface area is 204 Å². The van der Waals surface area contributed by atoms with Gasteiger partial charge in [0.05, 0.1) is 13.2 Å². The summed E-state index contributed by atoms with van der Waals surface area (Å²) < 4.78 is 19.0. The Kier molecular flexibility index (Phi) is 7.95. The lowest BCUT2D eigenvalue weighted by Gasteiger charge is -2.29. The number of rotatable bonds is 8. The minimum absolute atomic E-state index is 0.0113. The molecule has 1 unspecified atom stereocenters. The summed E-state index contributed by atoms with van der Waals surface area (Å²) in [4.78, 5) is 27.6. The first-order chi connectivity index (χ1) is 17.0. The van der Waals surface area contributed by atoms with Crippen LogP contribution in [0.3, 0.4) is 0 Å². The molecule has 0 aliphatic carbocycles. The zero-order chi connectivity index (χ0) is 24.6. The number of anilines is 2. The van der Waals surface area contributed by atoms with Gasteiger partial charge in [0.1, 0.15) is 11.6 Å². The average Bonchev–Trinajstić information content (AvgIpc) is 3.39. The molecule has 1 heterocycles. The van der Waals surface area contributed by atoms with Crippen LogP contribution >= 0.6 is 0 Å². The number of likely N-dealkylation sites (tertiary alicyclic amines) is 1. The van der Waals surface area contributed by atoms with E-state index in [9.17, 15) is 14.0 Å². The molecule has 1 fully saturated rings. The van der Waals surface area contributed by atoms with Crippen molar-refractivity contribution in [2.45, 2.75) is 18.9 Å². The Balaban J connectivity index is 1.39. The van der Waals surface area contributed by atoms with E-state index >= 15 is 0 Å². The molecule has 1 aliphatic heterocycles. The third-order valence-corrected chi connectivity index (χ3v) is 6.00. The quantitative estimate of drug-likeness (QED) is 0.425. The molecule has 1 aliphatic rings. The molecule has 3 aromatic rings. The number of ether oxygens (including phenoxy) is 1. The second-order valence-electron chi connectivity index (χ2n) is 8.38. The second kappa shape index (κ2) is 11.5. The number of nitrogens with one attached hydrogen (secondary N) is 3. The van der Waals surface area contributed by atoms with Crippen molar-refractivity contribution in [1.82, 2.24) is 10.2 Å². The van der Waals surface area contributed by atoms with E-state index in [-0.39, 0.29) is 12.1 Å². The smallest absolute Gasteiger partial charge is 0.319 e. The molecule has 182 valence electrons. The fourth-order valence-corrected chi connectivity index (χ4v) is 4.30. The van der Waals surface area contributed by atoms with Crippen LogP contribution in [0.2, 0.25) is 0 Å². The first kappa shape index (κ1) is 24.2. The lowest BCUT2D eigenvalue weighted by molar-refractivity contribution is 0.102. The van der Waals surface area contributed by atoms with Gasteiger partial charge >= 0.3 is 6.03 Å². The number of urea groups is 1. The molecule has 3 N–H and O–H groups in total. The van der Waals surface area contributed by atoms with E-state index in [2.05, 4.69) is 20.9 Å². The molecule has 0 aromatic heterocycles. The SMILES string of the molecule is COc1ccccc1C(CNC(=O)Nc1cccc(C(=O)Nc2cccc(F)c2)c1)N1CCCC1. The van der Waals surface area contributed by atoms with Gasteiger partial charge in [0.25, 0.3) is 5.91 Å².